The molecule has 33 heavy (non-hydrogen) atoms. The minimum absolute atomic E-state index is 0.247. The fourth-order valence-electron chi connectivity index (χ4n) is 3.71. The van der Waals surface area contributed by atoms with Crippen LogP contribution in [0.3, 0.4) is 0 Å². The van der Waals surface area contributed by atoms with Crippen molar-refractivity contribution in [2.24, 2.45) is 0 Å². The fraction of sp³-hybridized carbons (Fsp3) is 0. The van der Waals surface area contributed by atoms with Crippen molar-refractivity contribution in [1.29, 1.82) is 0 Å². The second-order valence-electron chi connectivity index (χ2n) is 7.58. The average Bonchev–Trinajstić information content (AvgIpc) is 2.84. The number of hydrogen-bond acceptors (Lipinski definition) is 3. The second-order valence-corrected chi connectivity index (χ2v) is 7.98. The third-order valence-electron chi connectivity index (χ3n) is 5.41. The molecular weight excluding hydrogens is 434 g/mol. The zero-order valence-electron chi connectivity index (χ0n) is 17.4. The van der Waals surface area contributed by atoms with Crippen molar-refractivity contribution in [3.8, 4) is 22.3 Å². The van der Waals surface area contributed by atoms with E-state index in [4.69, 9.17) is 16.0 Å². The number of carbonyl (C=O) groups is 1. The highest BCUT2D eigenvalue weighted by atomic mass is 35.5. The summed E-state index contributed by atoms with van der Waals surface area (Å²) in [6.07, 6.45) is 0. The maximum absolute atomic E-state index is 12.7. The van der Waals surface area contributed by atoms with E-state index in [1.54, 1.807) is 42.5 Å². The number of rotatable bonds is 4. The molecule has 0 atom stereocenters. The Morgan fingerprint density at radius 3 is 2.18 bits per heavy atom. The predicted octanol–water partition coefficient (Wildman–Crippen LogP) is 7.03. The molecule has 160 valence electrons. The van der Waals surface area contributed by atoms with Gasteiger partial charge in [0.2, 0.25) is 0 Å². The molecule has 0 radical (unpaired) electrons. The van der Waals surface area contributed by atoms with Gasteiger partial charge in [0, 0.05) is 22.2 Å². The molecule has 0 saturated carbocycles. The molecule has 0 aliphatic heterocycles. The van der Waals surface area contributed by atoms with Gasteiger partial charge in [0.05, 0.1) is 10.6 Å². The van der Waals surface area contributed by atoms with Gasteiger partial charge in [-0.1, -0.05) is 78.3 Å². The highest BCUT2D eigenvalue weighted by Crippen LogP contribution is 2.30. The monoisotopic (exact) mass is 451 g/mol. The van der Waals surface area contributed by atoms with Gasteiger partial charge in [-0.2, -0.15) is 0 Å². The van der Waals surface area contributed by atoms with Crippen LogP contribution in [0.4, 0.5) is 5.69 Å². The van der Waals surface area contributed by atoms with Crippen molar-refractivity contribution in [3.63, 3.8) is 0 Å². The number of amides is 1. The van der Waals surface area contributed by atoms with E-state index in [1.165, 1.54) is 0 Å². The number of benzene rings is 4. The van der Waals surface area contributed by atoms with Crippen LogP contribution in [0.1, 0.15) is 10.4 Å². The predicted molar refractivity (Wildman–Crippen MR) is 133 cm³/mol. The zero-order valence-corrected chi connectivity index (χ0v) is 18.2. The van der Waals surface area contributed by atoms with E-state index in [0.717, 1.165) is 16.5 Å². The van der Waals surface area contributed by atoms with E-state index in [1.807, 2.05) is 60.7 Å². The molecule has 5 rings (SSSR count). The van der Waals surface area contributed by atoms with Crippen molar-refractivity contribution < 1.29 is 9.21 Å². The molecule has 0 fully saturated rings. The first-order chi connectivity index (χ1) is 16.1. The third-order valence-corrected chi connectivity index (χ3v) is 5.73. The Labute approximate surface area is 195 Å². The summed E-state index contributed by atoms with van der Waals surface area (Å²) in [6, 6.07) is 31.5. The van der Waals surface area contributed by atoms with E-state index >= 15 is 0 Å². The third kappa shape index (κ3) is 4.29. The first-order valence-corrected chi connectivity index (χ1v) is 10.8. The molecular formula is C28H18ClNO3. The molecule has 0 aliphatic rings. The van der Waals surface area contributed by atoms with Crippen LogP contribution in [-0.4, -0.2) is 5.91 Å². The molecule has 4 nitrogen and oxygen atoms in total. The van der Waals surface area contributed by atoms with Crippen molar-refractivity contribution in [1.82, 2.24) is 0 Å². The van der Waals surface area contributed by atoms with Crippen LogP contribution in [0.5, 0.6) is 0 Å². The molecule has 1 N–H and O–H groups in total. The Hall–Kier alpha value is -4.15. The zero-order chi connectivity index (χ0) is 22.8. The molecule has 0 spiro atoms. The number of halogens is 1. The van der Waals surface area contributed by atoms with Gasteiger partial charge in [-0.25, -0.2) is 4.79 Å². The summed E-state index contributed by atoms with van der Waals surface area (Å²) in [5.74, 6) is -0.247. The molecule has 0 aliphatic carbocycles. The van der Waals surface area contributed by atoms with Crippen molar-refractivity contribution >= 4 is 34.2 Å². The molecule has 0 unspecified atom stereocenters. The molecule has 0 bridgehead atoms. The van der Waals surface area contributed by atoms with Crippen LogP contribution in [0.15, 0.2) is 112 Å². The maximum atomic E-state index is 12.7. The molecule has 1 aromatic heterocycles. The molecule has 1 amide bonds. The summed E-state index contributed by atoms with van der Waals surface area (Å²) < 4.78 is 5.41. The Morgan fingerprint density at radius 2 is 1.42 bits per heavy atom. The lowest BCUT2D eigenvalue weighted by atomic mass is 10.0. The van der Waals surface area contributed by atoms with Gasteiger partial charge < -0.3 is 9.73 Å². The first kappa shape index (κ1) is 20.7. The minimum Gasteiger partial charge on any atom is -0.422 e. The van der Waals surface area contributed by atoms with Crippen molar-refractivity contribution in [3.05, 3.63) is 124 Å². The van der Waals surface area contributed by atoms with Gasteiger partial charge in [0.1, 0.15) is 5.58 Å². The summed E-state index contributed by atoms with van der Waals surface area (Å²) in [4.78, 5) is 25.2. The molecule has 4 aromatic carbocycles. The smallest absolute Gasteiger partial charge is 0.344 e. The summed E-state index contributed by atoms with van der Waals surface area (Å²) >= 11 is 6.47. The lowest BCUT2D eigenvalue weighted by Crippen LogP contribution is -2.12. The van der Waals surface area contributed by atoms with E-state index in [-0.39, 0.29) is 5.91 Å². The summed E-state index contributed by atoms with van der Waals surface area (Å²) in [6.45, 7) is 0. The van der Waals surface area contributed by atoms with Crippen molar-refractivity contribution in [2.45, 2.75) is 0 Å². The number of fused-ring (bicyclic) bond motifs is 1. The SMILES string of the molecule is O=C(Nc1ccc(-c2cc3ccccc3oc2=O)c(Cl)c1)c1ccc(-c2ccccc2)cc1. The highest BCUT2D eigenvalue weighted by Gasteiger charge is 2.13. The number of hydrogen-bond donors (Lipinski definition) is 1. The van der Waals surface area contributed by atoms with Gasteiger partial charge >= 0.3 is 5.63 Å². The number of nitrogens with one attached hydrogen (secondary N) is 1. The van der Waals surface area contributed by atoms with Crippen LogP contribution in [0.25, 0.3) is 33.2 Å². The summed E-state index contributed by atoms with van der Waals surface area (Å²) in [5, 5.41) is 4.00. The van der Waals surface area contributed by atoms with E-state index in [9.17, 15) is 9.59 Å². The Bertz CT molecular complexity index is 1520. The standard InChI is InChI=1S/C28H18ClNO3/c29-25-17-22(14-15-23(25)24-16-21-8-4-5-9-26(21)33-28(24)32)30-27(31)20-12-10-19(11-13-20)18-6-2-1-3-7-18/h1-17H,(H,30,31). The van der Waals surface area contributed by atoms with Crippen LogP contribution in [-0.2, 0) is 0 Å². The normalized spacial score (nSPS) is 10.8. The minimum atomic E-state index is -0.467. The molecule has 0 saturated heterocycles. The first-order valence-electron chi connectivity index (χ1n) is 10.4. The van der Waals surface area contributed by atoms with Gasteiger partial charge in [0.15, 0.2) is 0 Å². The lowest BCUT2D eigenvalue weighted by Gasteiger charge is -2.10. The Morgan fingerprint density at radius 1 is 0.727 bits per heavy atom. The van der Waals surface area contributed by atoms with Gasteiger partial charge in [-0.05, 0) is 47.5 Å². The number of carbonyl (C=O) groups excluding carboxylic acids is 1. The molecule has 5 heteroatoms. The van der Waals surface area contributed by atoms with Gasteiger partial charge in [0.25, 0.3) is 5.91 Å². The molecule has 1 heterocycles. The Kier molecular flexibility index (Phi) is 5.51. The van der Waals surface area contributed by atoms with Crippen LogP contribution in [0, 0.1) is 0 Å². The van der Waals surface area contributed by atoms with Gasteiger partial charge in [-0.15, -0.1) is 0 Å². The maximum Gasteiger partial charge on any atom is 0.344 e. The average molecular weight is 452 g/mol. The van der Waals surface area contributed by atoms with Gasteiger partial charge in [-0.3, -0.25) is 4.79 Å². The highest BCUT2D eigenvalue weighted by molar-refractivity contribution is 6.33. The topological polar surface area (TPSA) is 59.3 Å². The number of anilines is 1. The van der Waals surface area contributed by atoms with Crippen LogP contribution in [0.2, 0.25) is 5.02 Å². The summed E-state index contributed by atoms with van der Waals surface area (Å²) in [7, 11) is 0. The Balaban J connectivity index is 1.37. The fourth-order valence-corrected chi connectivity index (χ4v) is 3.99. The van der Waals surface area contributed by atoms with E-state index < -0.39 is 5.63 Å². The van der Waals surface area contributed by atoms with Crippen LogP contribution >= 0.6 is 11.6 Å². The summed E-state index contributed by atoms with van der Waals surface area (Å²) in [5.41, 5.74) is 4.15. The second kappa shape index (κ2) is 8.77. The van der Waals surface area contributed by atoms with Crippen molar-refractivity contribution in [2.75, 3.05) is 5.32 Å². The van der Waals surface area contributed by atoms with E-state index in [2.05, 4.69) is 5.32 Å². The lowest BCUT2D eigenvalue weighted by molar-refractivity contribution is 0.102. The van der Waals surface area contributed by atoms with E-state index in [0.29, 0.717) is 33.0 Å². The number of para-hydroxylation sites is 1. The molecule has 5 aromatic rings. The largest absolute Gasteiger partial charge is 0.422 e. The van der Waals surface area contributed by atoms with Crippen LogP contribution < -0.4 is 10.9 Å². The quantitative estimate of drug-likeness (QED) is 0.298.